The molecule has 0 saturated heterocycles. The molecule has 44 heavy (non-hydrogen) atoms. The molecule has 0 aliphatic heterocycles. The molecule has 5 rings (SSSR count). The maximum Gasteiger partial charge on any atom is 0.306 e. The van der Waals surface area contributed by atoms with Gasteiger partial charge in [0.05, 0.1) is 34.2 Å². The van der Waals surface area contributed by atoms with Crippen LogP contribution in [-0.2, 0) is 30.8 Å². The zero-order valence-corrected chi connectivity index (χ0v) is 27.0. The number of aliphatic hydroxyl groups excluding tert-OH is 1. The Morgan fingerprint density at radius 1 is 1.02 bits per heavy atom. The largest absolute Gasteiger partial charge is 0.481 e. The van der Waals surface area contributed by atoms with Crippen LogP contribution in [-0.4, -0.2) is 47.0 Å². The van der Waals surface area contributed by atoms with Crippen molar-refractivity contribution in [1.82, 2.24) is 10.3 Å². The van der Waals surface area contributed by atoms with Crippen molar-refractivity contribution in [3.63, 3.8) is 0 Å². The van der Waals surface area contributed by atoms with Crippen molar-refractivity contribution in [1.29, 1.82) is 0 Å². The number of carboxylic acid groups (broad SMARTS) is 1. The minimum absolute atomic E-state index is 0.106. The van der Waals surface area contributed by atoms with Gasteiger partial charge in [-0.15, -0.1) is 0 Å². The highest BCUT2D eigenvalue weighted by Crippen LogP contribution is 2.41. The van der Waals surface area contributed by atoms with Crippen molar-refractivity contribution in [2.45, 2.75) is 44.6 Å². The summed E-state index contributed by atoms with van der Waals surface area (Å²) < 4.78 is 12.1. The summed E-state index contributed by atoms with van der Waals surface area (Å²) >= 11 is 17.5. The first kappa shape index (κ1) is 32.2. The van der Waals surface area contributed by atoms with Gasteiger partial charge in [0.2, 0.25) is 11.8 Å². The molecule has 0 fully saturated rings. The molecule has 8 nitrogen and oxygen atoms in total. The first-order chi connectivity index (χ1) is 21.1. The fourth-order valence-corrected chi connectivity index (χ4v) is 6.47. The highest BCUT2D eigenvalue weighted by molar-refractivity contribution is 9.10. The van der Waals surface area contributed by atoms with Crippen molar-refractivity contribution in [3.05, 3.63) is 97.4 Å². The van der Waals surface area contributed by atoms with Gasteiger partial charge in [0.25, 0.3) is 0 Å². The van der Waals surface area contributed by atoms with E-state index in [2.05, 4.69) is 44.4 Å². The first-order valence-corrected chi connectivity index (χ1v) is 15.6. The number of pyridine rings is 1. The maximum absolute atomic E-state index is 10.8. The van der Waals surface area contributed by atoms with Gasteiger partial charge in [-0.05, 0) is 51.5 Å². The minimum atomic E-state index is -1.06. The molecule has 3 aromatic carbocycles. The first-order valence-electron chi connectivity index (χ1n) is 14.0. The van der Waals surface area contributed by atoms with Gasteiger partial charge in [-0.1, -0.05) is 77.8 Å². The fourth-order valence-electron chi connectivity index (χ4n) is 5.37. The lowest BCUT2D eigenvalue weighted by Crippen LogP contribution is -2.28. The molecule has 2 atom stereocenters. The van der Waals surface area contributed by atoms with E-state index in [-0.39, 0.29) is 25.6 Å². The quantitative estimate of drug-likeness (QED) is 0.133. The molecular formula is C33H32BrCl2N3O5. The smallest absolute Gasteiger partial charge is 0.306 e. The second kappa shape index (κ2) is 14.3. The Bertz CT molecular complexity index is 1690. The van der Waals surface area contributed by atoms with Gasteiger partial charge in [0.1, 0.15) is 6.61 Å². The monoisotopic (exact) mass is 699 g/mol. The molecule has 5 N–H and O–H groups in total. The lowest BCUT2D eigenvalue weighted by molar-refractivity contribution is -0.139. The highest BCUT2D eigenvalue weighted by Gasteiger charge is 2.21. The van der Waals surface area contributed by atoms with Crippen molar-refractivity contribution in [3.8, 4) is 34.0 Å². The van der Waals surface area contributed by atoms with E-state index < -0.39 is 12.1 Å². The zero-order chi connectivity index (χ0) is 31.4. The third kappa shape index (κ3) is 7.37. The number of aromatic nitrogens is 1. The number of aliphatic hydroxyl groups is 1. The number of nitrogens with two attached hydrogens (primary N) is 1. The van der Waals surface area contributed by atoms with Crippen LogP contribution in [0.5, 0.6) is 11.8 Å². The molecule has 0 saturated carbocycles. The molecular weight excluding hydrogens is 669 g/mol. The number of carboxylic acids is 1. The molecule has 1 aromatic heterocycles. The normalized spacial score (nSPS) is 14.7. The molecule has 4 aromatic rings. The maximum atomic E-state index is 10.8. The molecule has 0 amide bonds. The Morgan fingerprint density at radius 3 is 2.48 bits per heavy atom. The van der Waals surface area contributed by atoms with Crippen LogP contribution in [0.4, 0.5) is 0 Å². The average Bonchev–Trinajstić information content (AvgIpc) is 3.36. The number of rotatable bonds is 12. The Kier molecular flexibility index (Phi) is 10.5. The number of benzene rings is 3. The number of ether oxygens (including phenoxy) is 2. The molecule has 1 aliphatic rings. The van der Waals surface area contributed by atoms with E-state index in [1.54, 1.807) is 6.07 Å². The topological polar surface area (TPSA) is 127 Å². The van der Waals surface area contributed by atoms with E-state index >= 15 is 0 Å². The molecule has 1 aliphatic carbocycles. The average molecular weight is 701 g/mol. The number of methoxy groups -OCH3 is 1. The summed E-state index contributed by atoms with van der Waals surface area (Å²) in [6.07, 6.45) is 0.414. The van der Waals surface area contributed by atoms with E-state index in [0.29, 0.717) is 38.4 Å². The number of nitrogens with zero attached hydrogens (tertiary/aromatic N) is 1. The molecule has 0 bridgehead atoms. The molecule has 0 radical (unpaired) electrons. The van der Waals surface area contributed by atoms with Crippen LogP contribution in [0.3, 0.4) is 0 Å². The van der Waals surface area contributed by atoms with Crippen molar-refractivity contribution >= 4 is 45.1 Å². The van der Waals surface area contributed by atoms with Crippen LogP contribution in [0.1, 0.15) is 28.7 Å². The predicted octanol–water partition coefficient (Wildman–Crippen LogP) is 6.42. The summed E-state index contributed by atoms with van der Waals surface area (Å²) in [7, 11) is 1.50. The summed E-state index contributed by atoms with van der Waals surface area (Å²) in [4.78, 5) is 15.3. The Morgan fingerprint density at radius 2 is 1.73 bits per heavy atom. The van der Waals surface area contributed by atoms with Crippen molar-refractivity contribution in [2.75, 3.05) is 13.7 Å². The van der Waals surface area contributed by atoms with E-state index in [4.69, 9.17) is 43.5 Å². The van der Waals surface area contributed by atoms with Crippen LogP contribution in [0, 0.1) is 0 Å². The summed E-state index contributed by atoms with van der Waals surface area (Å²) in [5.74, 6) is -0.416. The summed E-state index contributed by atoms with van der Waals surface area (Å²) in [5, 5.41) is 22.8. The number of nitrogens with one attached hydrogen (secondary N) is 1. The Hall–Kier alpha value is -3.18. The molecule has 1 unspecified atom stereocenters. The third-order valence-corrected chi connectivity index (χ3v) is 8.92. The number of halogens is 3. The van der Waals surface area contributed by atoms with Crippen molar-refractivity contribution in [2.24, 2.45) is 5.73 Å². The van der Waals surface area contributed by atoms with Gasteiger partial charge in [-0.25, -0.2) is 0 Å². The highest BCUT2D eigenvalue weighted by atomic mass is 79.9. The van der Waals surface area contributed by atoms with E-state index in [1.807, 2.05) is 36.4 Å². The number of aliphatic carboxylic acids is 1. The summed E-state index contributed by atoms with van der Waals surface area (Å²) in [6.45, 7) is 0.552. The van der Waals surface area contributed by atoms with E-state index in [9.17, 15) is 9.90 Å². The zero-order valence-electron chi connectivity index (χ0n) is 23.9. The Labute approximate surface area is 274 Å². The molecule has 1 heterocycles. The van der Waals surface area contributed by atoms with Gasteiger partial charge >= 0.3 is 5.97 Å². The molecule has 230 valence electrons. The van der Waals surface area contributed by atoms with Gasteiger partial charge in [0.15, 0.2) is 0 Å². The van der Waals surface area contributed by atoms with Crippen LogP contribution in [0.2, 0.25) is 10.0 Å². The number of hydrogen-bond acceptors (Lipinski definition) is 7. The van der Waals surface area contributed by atoms with Gasteiger partial charge in [0, 0.05) is 46.9 Å². The van der Waals surface area contributed by atoms with Gasteiger partial charge in [-0.2, -0.15) is 4.98 Å². The fraction of sp³-hybridized carbons (Fsp3) is 0.273. The third-order valence-electron chi connectivity index (χ3n) is 7.50. The Balaban J connectivity index is 1.32. The van der Waals surface area contributed by atoms with Crippen LogP contribution >= 0.6 is 39.1 Å². The number of carbonyl (C=O) groups is 1. The van der Waals surface area contributed by atoms with Crippen molar-refractivity contribution < 1.29 is 24.5 Å². The lowest BCUT2D eigenvalue weighted by Gasteiger charge is -2.16. The summed E-state index contributed by atoms with van der Waals surface area (Å²) in [5.41, 5.74) is 13.8. The SMILES string of the molecule is COc1nc(OCc2cccc(-c3cccc(-c4ccc5c(c4)C[C@@H](N)C5)c3Cl)c2Cl)c(Br)cc1CNCC(O)CC(=O)O. The number of fused-ring (bicyclic) bond motifs is 1. The number of hydrogen-bond donors (Lipinski definition) is 4. The summed E-state index contributed by atoms with van der Waals surface area (Å²) in [6, 6.07) is 20.1. The second-order valence-corrected chi connectivity index (χ2v) is 12.3. The lowest BCUT2D eigenvalue weighted by atomic mass is 9.96. The van der Waals surface area contributed by atoms with Gasteiger partial charge in [-0.3, -0.25) is 4.79 Å². The van der Waals surface area contributed by atoms with E-state index in [1.165, 1.54) is 18.2 Å². The van der Waals surface area contributed by atoms with Crippen LogP contribution in [0.25, 0.3) is 22.3 Å². The van der Waals surface area contributed by atoms with Gasteiger partial charge < -0.3 is 30.7 Å². The predicted molar refractivity (Wildman–Crippen MR) is 176 cm³/mol. The van der Waals surface area contributed by atoms with Crippen LogP contribution < -0.4 is 20.5 Å². The molecule has 0 spiro atoms. The minimum Gasteiger partial charge on any atom is -0.481 e. The molecule has 11 heteroatoms. The van der Waals surface area contributed by atoms with E-state index in [0.717, 1.165) is 40.7 Å². The second-order valence-electron chi connectivity index (χ2n) is 10.7. The van der Waals surface area contributed by atoms with Crippen LogP contribution in [0.15, 0.2) is 65.1 Å². The standard InChI is InChI=1S/C33H32BrCl2N3O5/c1-43-32-22(15-38-16-24(40)14-29(41)42)13-28(34)33(39-32)44-17-20-4-2-6-26(30(20)35)27-7-3-5-25(31(27)36)19-9-8-18-11-23(37)12-21(18)10-19/h2-10,13,23-24,38,40H,11-12,14-17,37H2,1H3,(H,41,42)/t23-,24?/m0/s1.